The Bertz CT molecular complexity index is 482. The number of H-pyrrole nitrogens is 1. The first kappa shape index (κ1) is 9.73. The third-order valence-electron chi connectivity index (χ3n) is 1.91. The van der Waals surface area contributed by atoms with E-state index in [2.05, 4.69) is 4.98 Å². The molecule has 3 nitrogen and oxygen atoms in total. The lowest BCUT2D eigenvalue weighted by molar-refractivity contribution is -0.131. The van der Waals surface area contributed by atoms with Gasteiger partial charge in [0.05, 0.1) is 10.6 Å². The molecule has 2 heterocycles. The smallest absolute Gasteiger partial charge is 0.328 e. The number of carboxylic acids is 1. The van der Waals surface area contributed by atoms with E-state index in [-0.39, 0.29) is 0 Å². The van der Waals surface area contributed by atoms with Gasteiger partial charge in [-0.2, -0.15) is 0 Å². The van der Waals surface area contributed by atoms with Crippen LogP contribution in [0.5, 0.6) is 0 Å². The molecule has 0 unspecified atom stereocenters. The number of thiophene rings is 1. The highest BCUT2D eigenvalue weighted by Gasteiger charge is 2.00. The van der Waals surface area contributed by atoms with Gasteiger partial charge in [0.15, 0.2) is 0 Å². The molecule has 4 heteroatoms. The molecule has 0 aliphatic carbocycles. The first-order valence-corrected chi connectivity index (χ1v) is 5.27. The number of nitrogens with one attached hydrogen (secondary N) is 1. The van der Waals surface area contributed by atoms with Crippen molar-refractivity contribution in [1.82, 2.24) is 4.98 Å². The Morgan fingerprint density at radius 1 is 1.53 bits per heavy atom. The van der Waals surface area contributed by atoms with Gasteiger partial charge >= 0.3 is 5.97 Å². The minimum atomic E-state index is -0.936. The van der Waals surface area contributed by atoms with Gasteiger partial charge in [0.1, 0.15) is 0 Å². The maximum absolute atomic E-state index is 10.3. The fraction of sp³-hybridized carbons (Fsp3) is 0. The van der Waals surface area contributed by atoms with Crippen LogP contribution in [-0.2, 0) is 4.79 Å². The molecule has 0 aliphatic heterocycles. The first-order valence-electron chi connectivity index (χ1n) is 4.39. The van der Waals surface area contributed by atoms with E-state index in [0.29, 0.717) is 0 Å². The van der Waals surface area contributed by atoms with E-state index in [4.69, 9.17) is 5.11 Å². The summed E-state index contributed by atoms with van der Waals surface area (Å²) in [5, 5.41) is 10.5. The second-order valence-electron chi connectivity index (χ2n) is 3.00. The van der Waals surface area contributed by atoms with E-state index in [0.717, 1.165) is 22.2 Å². The SMILES string of the molecule is O=C(O)/C=C/c1c[nH]c(-c2cccs2)c1. The topological polar surface area (TPSA) is 53.1 Å². The van der Waals surface area contributed by atoms with Crippen molar-refractivity contribution in [3.8, 4) is 10.6 Å². The van der Waals surface area contributed by atoms with Crippen LogP contribution >= 0.6 is 11.3 Å². The molecule has 76 valence electrons. The Balaban J connectivity index is 2.21. The zero-order valence-corrected chi connectivity index (χ0v) is 8.62. The summed E-state index contributed by atoms with van der Waals surface area (Å²) in [5.41, 5.74) is 1.87. The van der Waals surface area contributed by atoms with Gasteiger partial charge in [0.2, 0.25) is 0 Å². The highest BCUT2D eigenvalue weighted by Crippen LogP contribution is 2.24. The molecular formula is C11H9NO2S. The summed E-state index contributed by atoms with van der Waals surface area (Å²) in [7, 11) is 0. The molecule has 2 N–H and O–H groups in total. The Kier molecular flexibility index (Phi) is 2.69. The lowest BCUT2D eigenvalue weighted by Crippen LogP contribution is -1.84. The highest BCUT2D eigenvalue weighted by atomic mass is 32.1. The maximum Gasteiger partial charge on any atom is 0.328 e. The Labute approximate surface area is 90.7 Å². The zero-order chi connectivity index (χ0) is 10.7. The Morgan fingerprint density at radius 3 is 3.07 bits per heavy atom. The van der Waals surface area contributed by atoms with Crippen molar-refractivity contribution in [2.45, 2.75) is 0 Å². The van der Waals surface area contributed by atoms with Crippen molar-refractivity contribution in [2.24, 2.45) is 0 Å². The minimum absolute atomic E-state index is 0.862. The zero-order valence-electron chi connectivity index (χ0n) is 7.81. The van der Waals surface area contributed by atoms with Gasteiger partial charge in [-0.3, -0.25) is 0 Å². The monoisotopic (exact) mass is 219 g/mol. The van der Waals surface area contributed by atoms with Gasteiger partial charge in [0, 0.05) is 12.3 Å². The number of hydrogen-bond donors (Lipinski definition) is 2. The summed E-state index contributed by atoms with van der Waals surface area (Å²) in [5.74, 6) is -0.936. The van der Waals surface area contributed by atoms with Crippen molar-refractivity contribution >= 4 is 23.4 Å². The van der Waals surface area contributed by atoms with Crippen LogP contribution in [0.1, 0.15) is 5.56 Å². The predicted octanol–water partition coefficient (Wildman–Crippen LogP) is 2.84. The molecule has 0 spiro atoms. The second-order valence-corrected chi connectivity index (χ2v) is 3.94. The average molecular weight is 219 g/mol. The van der Waals surface area contributed by atoms with Gasteiger partial charge in [-0.1, -0.05) is 6.07 Å². The van der Waals surface area contributed by atoms with Crippen LogP contribution in [0.25, 0.3) is 16.6 Å². The maximum atomic E-state index is 10.3. The van der Waals surface area contributed by atoms with Gasteiger partial charge in [-0.15, -0.1) is 11.3 Å². The van der Waals surface area contributed by atoms with Crippen LogP contribution in [0.2, 0.25) is 0 Å². The second kappa shape index (κ2) is 4.14. The van der Waals surface area contributed by atoms with E-state index >= 15 is 0 Å². The number of aliphatic carboxylic acids is 1. The highest BCUT2D eigenvalue weighted by molar-refractivity contribution is 7.13. The normalized spacial score (nSPS) is 10.9. The van der Waals surface area contributed by atoms with E-state index in [1.807, 2.05) is 23.6 Å². The van der Waals surface area contributed by atoms with Crippen LogP contribution < -0.4 is 0 Å². The van der Waals surface area contributed by atoms with Gasteiger partial charge in [-0.25, -0.2) is 4.79 Å². The summed E-state index contributed by atoms with van der Waals surface area (Å²) in [6, 6.07) is 5.92. The Hall–Kier alpha value is -1.81. The van der Waals surface area contributed by atoms with Gasteiger partial charge < -0.3 is 10.1 Å². The van der Waals surface area contributed by atoms with E-state index in [1.54, 1.807) is 23.6 Å². The van der Waals surface area contributed by atoms with Crippen LogP contribution in [0, 0.1) is 0 Å². The van der Waals surface area contributed by atoms with Gasteiger partial charge in [0.25, 0.3) is 0 Å². The van der Waals surface area contributed by atoms with Gasteiger partial charge in [-0.05, 0) is 29.2 Å². The van der Waals surface area contributed by atoms with E-state index < -0.39 is 5.97 Å². The number of hydrogen-bond acceptors (Lipinski definition) is 2. The third kappa shape index (κ3) is 2.35. The van der Waals surface area contributed by atoms with Crippen molar-refractivity contribution in [2.75, 3.05) is 0 Å². The molecule has 2 rings (SSSR count). The molecule has 0 saturated heterocycles. The van der Waals surface area contributed by atoms with Crippen LogP contribution in [0.15, 0.2) is 35.9 Å². The molecular weight excluding hydrogens is 210 g/mol. The molecule has 0 bridgehead atoms. The fourth-order valence-corrected chi connectivity index (χ4v) is 1.95. The summed E-state index contributed by atoms with van der Waals surface area (Å²) in [6.45, 7) is 0. The lowest BCUT2D eigenvalue weighted by Gasteiger charge is -1.87. The summed E-state index contributed by atoms with van der Waals surface area (Å²) < 4.78 is 0. The average Bonchev–Trinajstić information content (AvgIpc) is 2.85. The molecule has 0 fully saturated rings. The van der Waals surface area contributed by atoms with Crippen LogP contribution in [0.3, 0.4) is 0 Å². The largest absolute Gasteiger partial charge is 0.478 e. The number of carboxylic acid groups (broad SMARTS) is 1. The van der Waals surface area contributed by atoms with Crippen molar-refractivity contribution < 1.29 is 9.90 Å². The molecule has 2 aromatic heterocycles. The summed E-state index contributed by atoms with van der Waals surface area (Å²) in [6.07, 6.45) is 4.48. The Morgan fingerprint density at radius 2 is 2.40 bits per heavy atom. The molecule has 0 aliphatic rings. The van der Waals surface area contributed by atoms with Crippen molar-refractivity contribution in [1.29, 1.82) is 0 Å². The molecule has 0 amide bonds. The molecule has 2 aromatic rings. The summed E-state index contributed by atoms with van der Waals surface area (Å²) >= 11 is 1.64. The standard InChI is InChI=1S/C11H9NO2S/c13-11(14)4-3-8-6-9(12-7-8)10-2-1-5-15-10/h1-7,12H,(H,13,14)/b4-3+. The first-order chi connectivity index (χ1) is 7.25. The number of rotatable bonds is 3. The third-order valence-corrected chi connectivity index (χ3v) is 2.81. The van der Waals surface area contributed by atoms with Crippen LogP contribution in [-0.4, -0.2) is 16.1 Å². The number of carbonyl (C=O) groups is 1. The predicted molar refractivity (Wildman–Crippen MR) is 60.8 cm³/mol. The minimum Gasteiger partial charge on any atom is -0.478 e. The quantitative estimate of drug-likeness (QED) is 0.780. The molecule has 0 radical (unpaired) electrons. The number of aromatic nitrogens is 1. The van der Waals surface area contributed by atoms with E-state index in [1.165, 1.54) is 0 Å². The fourth-order valence-electron chi connectivity index (χ4n) is 1.25. The molecule has 0 saturated carbocycles. The molecule has 0 aromatic carbocycles. The van der Waals surface area contributed by atoms with Crippen molar-refractivity contribution in [3.05, 3.63) is 41.4 Å². The number of aromatic amines is 1. The summed E-state index contributed by atoms with van der Waals surface area (Å²) in [4.78, 5) is 14.6. The molecule has 0 atom stereocenters. The van der Waals surface area contributed by atoms with Crippen molar-refractivity contribution in [3.63, 3.8) is 0 Å². The lowest BCUT2D eigenvalue weighted by atomic mass is 10.2. The van der Waals surface area contributed by atoms with Crippen LogP contribution in [0.4, 0.5) is 0 Å². The van der Waals surface area contributed by atoms with E-state index in [9.17, 15) is 4.79 Å². The molecule has 15 heavy (non-hydrogen) atoms.